The first-order valence-corrected chi connectivity index (χ1v) is 9.01. The molecular formula is C15H30N2S. The molecule has 0 bridgehead atoms. The second-order valence-corrected chi connectivity index (χ2v) is 7.31. The quantitative estimate of drug-likeness (QED) is 0.827. The normalized spacial score (nSPS) is 25.8. The molecule has 0 aromatic carbocycles. The minimum Gasteiger partial charge on any atom is -0.316 e. The Morgan fingerprint density at radius 1 is 1.06 bits per heavy atom. The van der Waals surface area contributed by atoms with Crippen LogP contribution < -0.4 is 5.32 Å². The largest absolute Gasteiger partial charge is 0.316 e. The van der Waals surface area contributed by atoms with Gasteiger partial charge in [-0.1, -0.05) is 26.2 Å². The lowest BCUT2D eigenvalue weighted by Gasteiger charge is -2.41. The molecule has 0 radical (unpaired) electrons. The van der Waals surface area contributed by atoms with Crippen LogP contribution in [0.1, 0.15) is 45.4 Å². The van der Waals surface area contributed by atoms with E-state index in [4.69, 9.17) is 0 Å². The van der Waals surface area contributed by atoms with E-state index < -0.39 is 0 Å². The molecule has 2 nitrogen and oxygen atoms in total. The molecule has 3 heteroatoms. The molecule has 0 amide bonds. The van der Waals surface area contributed by atoms with Crippen LogP contribution in [0.3, 0.4) is 0 Å². The molecule has 0 unspecified atom stereocenters. The highest BCUT2D eigenvalue weighted by Gasteiger charge is 2.33. The summed E-state index contributed by atoms with van der Waals surface area (Å²) in [4.78, 5) is 2.75. The molecule has 1 saturated carbocycles. The average molecular weight is 270 g/mol. The Kier molecular flexibility index (Phi) is 6.33. The summed E-state index contributed by atoms with van der Waals surface area (Å²) in [7, 11) is 0. The summed E-state index contributed by atoms with van der Waals surface area (Å²) in [6.07, 6.45) is 8.65. The summed E-state index contributed by atoms with van der Waals surface area (Å²) in [6, 6.07) is 0. The van der Waals surface area contributed by atoms with E-state index in [0.717, 1.165) is 6.54 Å². The molecule has 1 aliphatic carbocycles. The molecule has 2 fully saturated rings. The van der Waals surface area contributed by atoms with E-state index in [1.165, 1.54) is 76.2 Å². The zero-order valence-electron chi connectivity index (χ0n) is 12.0. The van der Waals surface area contributed by atoms with Gasteiger partial charge in [-0.05, 0) is 43.5 Å². The van der Waals surface area contributed by atoms with Gasteiger partial charge >= 0.3 is 0 Å². The molecule has 0 spiro atoms. The molecule has 0 aromatic heterocycles. The minimum absolute atomic E-state index is 0.587. The summed E-state index contributed by atoms with van der Waals surface area (Å²) < 4.78 is 0. The lowest BCUT2D eigenvalue weighted by Crippen LogP contribution is -2.46. The lowest BCUT2D eigenvalue weighted by molar-refractivity contribution is 0.107. The molecule has 0 aromatic rings. The number of hydrogen-bond acceptors (Lipinski definition) is 3. The smallest absolute Gasteiger partial charge is 0.00726 e. The topological polar surface area (TPSA) is 15.3 Å². The molecule has 18 heavy (non-hydrogen) atoms. The molecule has 2 rings (SSSR count). The maximum absolute atomic E-state index is 3.63. The highest BCUT2D eigenvalue weighted by molar-refractivity contribution is 7.99. The van der Waals surface area contributed by atoms with Gasteiger partial charge in [-0.3, -0.25) is 0 Å². The van der Waals surface area contributed by atoms with Gasteiger partial charge in [-0.2, -0.15) is 11.8 Å². The number of nitrogens with zero attached hydrogens (tertiary/aromatic N) is 1. The Morgan fingerprint density at radius 2 is 1.89 bits per heavy atom. The summed E-state index contributed by atoms with van der Waals surface area (Å²) >= 11 is 2.14. The molecule has 1 heterocycles. The van der Waals surface area contributed by atoms with Gasteiger partial charge in [0.15, 0.2) is 0 Å². The Morgan fingerprint density at radius 3 is 2.67 bits per heavy atom. The standard InChI is InChI=1S/C15H30N2S/c1-2-16-13-15(7-4-3-5-8-15)14-17-9-6-11-18-12-10-17/h16H,2-14H2,1H3. The third-order valence-electron chi connectivity index (χ3n) is 4.54. The van der Waals surface area contributed by atoms with Crippen molar-refractivity contribution in [1.29, 1.82) is 0 Å². The molecule has 1 aliphatic heterocycles. The average Bonchev–Trinajstić information content (AvgIpc) is 2.66. The second kappa shape index (κ2) is 7.76. The van der Waals surface area contributed by atoms with E-state index in [1.54, 1.807) is 0 Å². The van der Waals surface area contributed by atoms with Crippen molar-refractivity contribution >= 4 is 11.8 Å². The van der Waals surface area contributed by atoms with Crippen molar-refractivity contribution in [3.63, 3.8) is 0 Å². The van der Waals surface area contributed by atoms with E-state index in [2.05, 4.69) is 28.9 Å². The fourth-order valence-corrected chi connectivity index (χ4v) is 4.44. The SMILES string of the molecule is CCNCC1(CN2CCCSCC2)CCCCC1. The van der Waals surface area contributed by atoms with Gasteiger partial charge in [-0.15, -0.1) is 0 Å². The lowest BCUT2D eigenvalue weighted by atomic mass is 9.73. The van der Waals surface area contributed by atoms with Crippen molar-refractivity contribution < 1.29 is 0 Å². The van der Waals surface area contributed by atoms with Crippen LogP contribution in [0.25, 0.3) is 0 Å². The zero-order chi connectivity index (χ0) is 12.7. The minimum atomic E-state index is 0.587. The van der Waals surface area contributed by atoms with Gasteiger partial charge in [0.25, 0.3) is 0 Å². The first kappa shape index (κ1) is 14.7. The van der Waals surface area contributed by atoms with Crippen molar-refractivity contribution in [1.82, 2.24) is 10.2 Å². The Hall–Kier alpha value is 0.270. The monoisotopic (exact) mass is 270 g/mol. The van der Waals surface area contributed by atoms with Crippen molar-refractivity contribution in [3.8, 4) is 0 Å². The highest BCUT2D eigenvalue weighted by atomic mass is 32.2. The van der Waals surface area contributed by atoms with E-state index in [0.29, 0.717) is 5.41 Å². The summed E-state index contributed by atoms with van der Waals surface area (Å²) in [5.41, 5.74) is 0.587. The summed E-state index contributed by atoms with van der Waals surface area (Å²) in [5.74, 6) is 2.72. The number of thioether (sulfide) groups is 1. The van der Waals surface area contributed by atoms with Gasteiger partial charge < -0.3 is 10.2 Å². The van der Waals surface area contributed by atoms with Crippen LogP contribution in [-0.2, 0) is 0 Å². The maximum Gasteiger partial charge on any atom is 0.00726 e. The maximum atomic E-state index is 3.63. The second-order valence-electron chi connectivity index (χ2n) is 6.08. The van der Waals surface area contributed by atoms with E-state index in [1.807, 2.05) is 0 Å². The van der Waals surface area contributed by atoms with E-state index in [-0.39, 0.29) is 0 Å². The van der Waals surface area contributed by atoms with Crippen LogP contribution >= 0.6 is 11.8 Å². The Bertz CT molecular complexity index is 219. The van der Waals surface area contributed by atoms with Crippen molar-refractivity contribution in [2.24, 2.45) is 5.41 Å². The van der Waals surface area contributed by atoms with Gasteiger partial charge in [0, 0.05) is 25.4 Å². The van der Waals surface area contributed by atoms with Crippen LogP contribution in [0.5, 0.6) is 0 Å². The van der Waals surface area contributed by atoms with Gasteiger partial charge in [0.05, 0.1) is 0 Å². The fourth-order valence-electron chi connectivity index (χ4n) is 3.51. The van der Waals surface area contributed by atoms with E-state index >= 15 is 0 Å². The number of rotatable bonds is 5. The van der Waals surface area contributed by atoms with E-state index in [9.17, 15) is 0 Å². The first-order chi connectivity index (χ1) is 8.85. The van der Waals surface area contributed by atoms with Crippen molar-refractivity contribution in [2.45, 2.75) is 45.4 Å². The number of hydrogen-bond donors (Lipinski definition) is 1. The first-order valence-electron chi connectivity index (χ1n) is 7.85. The number of nitrogens with one attached hydrogen (secondary N) is 1. The van der Waals surface area contributed by atoms with Gasteiger partial charge in [0.1, 0.15) is 0 Å². The summed E-state index contributed by atoms with van der Waals surface area (Å²) in [5, 5.41) is 3.63. The molecule has 2 aliphatic rings. The molecule has 1 N–H and O–H groups in total. The molecule has 106 valence electrons. The molecule has 0 atom stereocenters. The third-order valence-corrected chi connectivity index (χ3v) is 5.59. The fraction of sp³-hybridized carbons (Fsp3) is 1.00. The molecular weight excluding hydrogens is 240 g/mol. The predicted molar refractivity (Wildman–Crippen MR) is 82.4 cm³/mol. The Balaban J connectivity index is 1.90. The van der Waals surface area contributed by atoms with Crippen LogP contribution in [0.15, 0.2) is 0 Å². The third kappa shape index (κ3) is 4.43. The van der Waals surface area contributed by atoms with Crippen LogP contribution in [0.2, 0.25) is 0 Å². The predicted octanol–water partition coefficient (Wildman–Crippen LogP) is 2.99. The van der Waals surface area contributed by atoms with Crippen LogP contribution in [-0.4, -0.2) is 49.1 Å². The Labute approximate surface area is 117 Å². The molecule has 1 saturated heterocycles. The van der Waals surface area contributed by atoms with Gasteiger partial charge in [-0.25, -0.2) is 0 Å². The van der Waals surface area contributed by atoms with Crippen LogP contribution in [0, 0.1) is 5.41 Å². The van der Waals surface area contributed by atoms with Crippen molar-refractivity contribution in [3.05, 3.63) is 0 Å². The van der Waals surface area contributed by atoms with Gasteiger partial charge in [0.2, 0.25) is 0 Å². The zero-order valence-corrected chi connectivity index (χ0v) is 12.9. The van der Waals surface area contributed by atoms with Crippen molar-refractivity contribution in [2.75, 3.05) is 44.2 Å². The summed E-state index contributed by atoms with van der Waals surface area (Å²) in [6.45, 7) is 8.60. The van der Waals surface area contributed by atoms with Crippen LogP contribution in [0.4, 0.5) is 0 Å². The highest BCUT2D eigenvalue weighted by Crippen LogP contribution is 2.36.